The van der Waals surface area contributed by atoms with Crippen LogP contribution < -0.4 is 10.1 Å². The third-order valence-electron chi connectivity index (χ3n) is 8.30. The van der Waals surface area contributed by atoms with Gasteiger partial charge in [0.2, 0.25) is 5.91 Å². The average Bonchev–Trinajstić information content (AvgIpc) is 3.45. The van der Waals surface area contributed by atoms with E-state index in [1.54, 1.807) is 6.07 Å². The van der Waals surface area contributed by atoms with Gasteiger partial charge in [-0.2, -0.15) is 0 Å². The number of hydrogen-bond acceptors (Lipinski definition) is 6. The minimum Gasteiger partial charge on any atom is -0.504 e. The highest BCUT2D eigenvalue weighted by atomic mass is 16.5. The van der Waals surface area contributed by atoms with Crippen LogP contribution in [0.2, 0.25) is 0 Å². The minimum atomic E-state index is -1.25. The molecule has 5 aliphatic rings. The third kappa shape index (κ3) is 2.12. The molecular formula is C23H28N2O5. The summed E-state index contributed by atoms with van der Waals surface area (Å²) in [5.74, 6) is -0.541. The molecule has 0 radical (unpaired) electrons. The number of nitrogens with one attached hydrogen (secondary N) is 1. The lowest BCUT2D eigenvalue weighted by atomic mass is 9.47. The maximum absolute atomic E-state index is 13.5. The average molecular weight is 412 g/mol. The molecule has 7 heteroatoms. The Bertz CT molecular complexity index is 959. The summed E-state index contributed by atoms with van der Waals surface area (Å²) in [5.41, 5.74) is -0.287. The zero-order valence-electron chi connectivity index (χ0n) is 17.2. The van der Waals surface area contributed by atoms with Crippen molar-refractivity contribution < 1.29 is 24.5 Å². The van der Waals surface area contributed by atoms with Gasteiger partial charge in [0.05, 0.1) is 11.0 Å². The van der Waals surface area contributed by atoms with E-state index in [0.29, 0.717) is 31.1 Å². The number of piperidine rings is 1. The zero-order valence-corrected chi connectivity index (χ0v) is 17.2. The number of carbonyl (C=O) groups excluding carboxylic acids is 2. The zero-order chi connectivity index (χ0) is 20.8. The predicted molar refractivity (Wildman–Crippen MR) is 107 cm³/mol. The second-order valence-electron chi connectivity index (χ2n) is 9.80. The first kappa shape index (κ1) is 18.6. The number of aromatic hydroxyl groups is 1. The van der Waals surface area contributed by atoms with Crippen LogP contribution in [0.5, 0.6) is 11.5 Å². The molecule has 160 valence electrons. The van der Waals surface area contributed by atoms with Crippen molar-refractivity contribution in [1.29, 1.82) is 0 Å². The van der Waals surface area contributed by atoms with Gasteiger partial charge >= 0.3 is 0 Å². The number of benzene rings is 1. The number of rotatable bonds is 4. The van der Waals surface area contributed by atoms with Crippen LogP contribution in [0.4, 0.5) is 0 Å². The molecule has 1 unspecified atom stereocenters. The van der Waals surface area contributed by atoms with Gasteiger partial charge in [-0.15, -0.1) is 0 Å². The second kappa shape index (κ2) is 5.98. The van der Waals surface area contributed by atoms with Gasteiger partial charge in [-0.05, 0) is 63.1 Å². The number of carbonyl (C=O) groups is 2. The van der Waals surface area contributed by atoms with Gasteiger partial charge in [0, 0.05) is 24.7 Å². The molecule has 1 amide bonds. The van der Waals surface area contributed by atoms with Crippen molar-refractivity contribution in [1.82, 2.24) is 10.2 Å². The molecule has 0 aromatic heterocycles. The van der Waals surface area contributed by atoms with E-state index in [1.807, 2.05) is 13.0 Å². The molecular weight excluding hydrogens is 384 g/mol. The number of likely N-dealkylation sites (tertiary alicyclic amines) is 1. The number of Topliss-reactive ketones (excluding diaryl/α,β-unsaturated/α-hetero) is 1. The Kier molecular flexibility index (Phi) is 3.71. The van der Waals surface area contributed by atoms with E-state index in [2.05, 4.69) is 10.2 Å². The van der Waals surface area contributed by atoms with Gasteiger partial charge in [-0.25, -0.2) is 0 Å². The first-order chi connectivity index (χ1) is 14.4. The van der Waals surface area contributed by atoms with E-state index < -0.39 is 23.0 Å². The SMILES string of the molecule is CCNC(=O)C1C[C@@]2(O)[C@H]3Cc4ccc(O)c5c4[C@@]2(CCN3CC2CC2)[C@@H](O5)C1=O. The molecule has 1 aromatic carbocycles. The highest BCUT2D eigenvalue weighted by molar-refractivity contribution is 6.06. The first-order valence-corrected chi connectivity index (χ1v) is 11.2. The molecule has 3 aliphatic carbocycles. The number of hydrogen-bond donors (Lipinski definition) is 3. The smallest absolute Gasteiger partial charge is 0.230 e. The summed E-state index contributed by atoms with van der Waals surface area (Å²) in [6.07, 6.45) is 2.86. The molecule has 2 saturated carbocycles. The van der Waals surface area contributed by atoms with Gasteiger partial charge in [0.1, 0.15) is 5.92 Å². The van der Waals surface area contributed by atoms with Gasteiger partial charge in [0.25, 0.3) is 0 Å². The first-order valence-electron chi connectivity index (χ1n) is 11.2. The quantitative estimate of drug-likeness (QED) is 0.636. The summed E-state index contributed by atoms with van der Waals surface area (Å²) in [5, 5.41) is 25.6. The number of nitrogens with zero attached hydrogens (tertiary/aromatic N) is 1. The van der Waals surface area contributed by atoms with Crippen molar-refractivity contribution in [3.8, 4) is 11.5 Å². The van der Waals surface area contributed by atoms with Gasteiger partial charge in [-0.3, -0.25) is 14.5 Å². The molecule has 3 fully saturated rings. The third-order valence-corrected chi connectivity index (χ3v) is 8.30. The van der Waals surface area contributed by atoms with E-state index in [0.717, 1.165) is 24.2 Å². The van der Waals surface area contributed by atoms with Gasteiger partial charge in [0.15, 0.2) is 23.4 Å². The Morgan fingerprint density at radius 1 is 1.37 bits per heavy atom. The van der Waals surface area contributed by atoms with Crippen LogP contribution in [-0.2, 0) is 21.4 Å². The van der Waals surface area contributed by atoms with Crippen LogP contribution in [0, 0.1) is 11.8 Å². The van der Waals surface area contributed by atoms with Gasteiger partial charge in [-0.1, -0.05) is 6.07 Å². The van der Waals surface area contributed by atoms with Crippen molar-refractivity contribution in [2.24, 2.45) is 11.8 Å². The Hall–Kier alpha value is -2.12. The summed E-state index contributed by atoms with van der Waals surface area (Å²) in [6.45, 7) is 3.99. The molecule has 6 rings (SSSR count). The molecule has 1 saturated heterocycles. The second-order valence-corrected chi connectivity index (χ2v) is 9.80. The van der Waals surface area contributed by atoms with Crippen LogP contribution in [0.3, 0.4) is 0 Å². The van der Waals surface area contributed by atoms with Crippen molar-refractivity contribution in [2.75, 3.05) is 19.6 Å². The fraction of sp³-hybridized carbons (Fsp3) is 0.652. The predicted octanol–water partition coefficient (Wildman–Crippen LogP) is 0.888. The van der Waals surface area contributed by atoms with Gasteiger partial charge < -0.3 is 20.3 Å². The van der Waals surface area contributed by atoms with Crippen molar-refractivity contribution in [2.45, 2.75) is 62.2 Å². The molecule has 5 atom stereocenters. The molecule has 30 heavy (non-hydrogen) atoms. The van der Waals surface area contributed by atoms with Crippen LogP contribution in [0.25, 0.3) is 0 Å². The van der Waals surface area contributed by atoms with Crippen molar-refractivity contribution in [3.63, 3.8) is 0 Å². The number of amides is 1. The van der Waals surface area contributed by atoms with E-state index in [1.165, 1.54) is 12.8 Å². The van der Waals surface area contributed by atoms with Crippen molar-refractivity contribution in [3.05, 3.63) is 23.3 Å². The van der Waals surface area contributed by atoms with E-state index in [4.69, 9.17) is 4.74 Å². The Morgan fingerprint density at radius 2 is 2.17 bits per heavy atom. The Morgan fingerprint density at radius 3 is 2.90 bits per heavy atom. The summed E-state index contributed by atoms with van der Waals surface area (Å²) in [6, 6.07) is 3.38. The summed E-state index contributed by atoms with van der Waals surface area (Å²) in [4.78, 5) is 28.7. The highest BCUT2D eigenvalue weighted by Gasteiger charge is 2.75. The lowest BCUT2D eigenvalue weighted by molar-refractivity contribution is -0.198. The number of phenolic OH excluding ortho intramolecular Hbond substituents is 1. The molecule has 1 aromatic rings. The molecule has 7 nitrogen and oxygen atoms in total. The molecule has 1 spiro atoms. The van der Waals surface area contributed by atoms with Crippen LogP contribution >= 0.6 is 0 Å². The van der Waals surface area contributed by atoms with E-state index in [9.17, 15) is 19.8 Å². The molecule has 3 N–H and O–H groups in total. The maximum atomic E-state index is 13.5. The van der Waals surface area contributed by atoms with Crippen LogP contribution in [0.15, 0.2) is 12.1 Å². The number of ketones is 1. The Labute approximate surface area is 175 Å². The fourth-order valence-corrected chi connectivity index (χ4v) is 6.82. The standard InChI is InChI=1S/C23H28N2O5/c1-2-24-21(28)14-10-23(29)16-9-13-5-6-15(26)19-17(13)22(23,20(30-19)18(14)27)7-8-25(16)11-12-3-4-12/h5-6,12,14,16,20,26,29H,2-4,7-11H2,1H3,(H,24,28)/t14?,16-,20+,22+,23-/m1/s1. The van der Waals surface area contributed by atoms with E-state index >= 15 is 0 Å². The summed E-state index contributed by atoms with van der Waals surface area (Å²) in [7, 11) is 0. The molecule has 2 heterocycles. The van der Waals surface area contributed by atoms with Crippen molar-refractivity contribution >= 4 is 11.7 Å². The minimum absolute atomic E-state index is 0.00101. The number of ether oxygens (including phenoxy) is 1. The van der Waals surface area contributed by atoms with Crippen LogP contribution in [0.1, 0.15) is 43.7 Å². The monoisotopic (exact) mass is 412 g/mol. The normalized spacial score (nSPS) is 38.7. The van der Waals surface area contributed by atoms with E-state index in [-0.39, 0.29) is 29.9 Å². The maximum Gasteiger partial charge on any atom is 0.230 e. The Balaban J connectivity index is 1.53. The molecule has 2 aliphatic heterocycles. The topological polar surface area (TPSA) is 99.1 Å². The largest absolute Gasteiger partial charge is 0.504 e. The lowest BCUT2D eigenvalue weighted by Gasteiger charge is -2.63. The number of aliphatic hydroxyl groups is 1. The fourth-order valence-electron chi connectivity index (χ4n) is 6.82. The number of phenols is 1. The van der Waals surface area contributed by atoms with Crippen LogP contribution in [-0.4, -0.2) is 64.2 Å². The summed E-state index contributed by atoms with van der Waals surface area (Å²) < 4.78 is 6.12. The lowest BCUT2D eigenvalue weighted by Crippen LogP contribution is -2.78. The molecule has 2 bridgehead atoms. The summed E-state index contributed by atoms with van der Waals surface area (Å²) >= 11 is 0. The highest BCUT2D eigenvalue weighted by Crippen LogP contribution is 2.65.